The molecule has 0 aromatic carbocycles. The van der Waals surface area contributed by atoms with Crippen molar-refractivity contribution < 1.29 is 80.2 Å². The molecule has 0 radical (unpaired) electrons. The Labute approximate surface area is 616 Å². The number of carbonyl (C=O) groups is 4. The number of hydrogen-bond acceptors (Lipinski definition) is 15. The molecule has 0 heterocycles. The summed E-state index contributed by atoms with van der Waals surface area (Å²) in [5.41, 5.74) is 0. The summed E-state index contributed by atoms with van der Waals surface area (Å²) in [4.78, 5) is 72.9. The van der Waals surface area contributed by atoms with Gasteiger partial charge in [-0.3, -0.25) is 37.3 Å². The first-order chi connectivity index (χ1) is 49.7. The van der Waals surface area contributed by atoms with Gasteiger partial charge in [0.15, 0.2) is 12.2 Å². The number of unbranched alkanes of at least 4 members (excludes halogenated alkanes) is 17. The van der Waals surface area contributed by atoms with Crippen LogP contribution in [0.4, 0.5) is 0 Å². The molecule has 0 saturated heterocycles. The minimum absolute atomic E-state index is 0.0492. The predicted octanol–water partition coefficient (Wildman–Crippen LogP) is 22.2. The zero-order chi connectivity index (χ0) is 74.6. The Bertz CT molecular complexity index is 2600. The van der Waals surface area contributed by atoms with Crippen molar-refractivity contribution in [1.29, 1.82) is 0 Å². The second-order valence-corrected chi connectivity index (χ2v) is 27.7. The molecule has 5 unspecified atom stereocenters. The molecule has 0 spiro atoms. The van der Waals surface area contributed by atoms with E-state index in [1.54, 1.807) is 6.08 Å². The van der Waals surface area contributed by atoms with Crippen LogP contribution in [0.1, 0.15) is 272 Å². The molecule has 0 rings (SSSR count). The highest BCUT2D eigenvalue weighted by atomic mass is 31.2. The van der Waals surface area contributed by atoms with Crippen LogP contribution in [0.3, 0.4) is 0 Å². The van der Waals surface area contributed by atoms with E-state index in [-0.39, 0.29) is 25.7 Å². The molecular formula is C83H134O17P2. The van der Waals surface area contributed by atoms with Gasteiger partial charge in [0, 0.05) is 19.3 Å². The smallest absolute Gasteiger partial charge is 0.462 e. The van der Waals surface area contributed by atoms with Gasteiger partial charge in [-0.15, -0.1) is 0 Å². The number of esters is 4. The lowest BCUT2D eigenvalue weighted by atomic mass is 10.1. The molecule has 578 valence electrons. The highest BCUT2D eigenvalue weighted by Crippen LogP contribution is 2.45. The number of hydrogen-bond donors (Lipinski definition) is 3. The number of aliphatic hydroxyl groups excluding tert-OH is 1. The van der Waals surface area contributed by atoms with Crippen LogP contribution >= 0.6 is 15.6 Å². The van der Waals surface area contributed by atoms with Crippen LogP contribution in [0.25, 0.3) is 0 Å². The molecule has 0 aliphatic heterocycles. The second kappa shape index (κ2) is 73.7. The van der Waals surface area contributed by atoms with E-state index in [1.807, 2.05) is 18.2 Å². The Hall–Kier alpha value is -5.58. The van der Waals surface area contributed by atoms with Crippen molar-refractivity contribution in [1.82, 2.24) is 0 Å². The van der Waals surface area contributed by atoms with Gasteiger partial charge in [0.2, 0.25) is 0 Å². The van der Waals surface area contributed by atoms with Crippen molar-refractivity contribution in [3.8, 4) is 0 Å². The predicted molar refractivity (Wildman–Crippen MR) is 417 cm³/mol. The van der Waals surface area contributed by atoms with E-state index in [9.17, 15) is 43.2 Å². The number of phosphoric ester groups is 2. The minimum atomic E-state index is -5.01. The molecule has 19 heteroatoms. The summed E-state index contributed by atoms with van der Waals surface area (Å²) in [6.07, 6.45) is 86.5. The van der Waals surface area contributed by atoms with Gasteiger partial charge in [-0.25, -0.2) is 9.13 Å². The van der Waals surface area contributed by atoms with Crippen LogP contribution in [0, 0.1) is 0 Å². The van der Waals surface area contributed by atoms with Crippen molar-refractivity contribution in [2.75, 3.05) is 39.6 Å². The lowest BCUT2D eigenvalue weighted by Crippen LogP contribution is -2.30. The van der Waals surface area contributed by atoms with Crippen molar-refractivity contribution in [3.05, 3.63) is 170 Å². The number of allylic oxidation sites excluding steroid dienone is 27. The van der Waals surface area contributed by atoms with Gasteiger partial charge in [-0.05, 0) is 154 Å². The third-order valence-electron chi connectivity index (χ3n) is 15.2. The Morgan fingerprint density at radius 2 is 0.549 bits per heavy atom. The van der Waals surface area contributed by atoms with E-state index in [4.69, 9.17) is 37.0 Å². The Kier molecular flexibility index (Phi) is 69.7. The highest BCUT2D eigenvalue weighted by Gasteiger charge is 2.30. The van der Waals surface area contributed by atoms with Gasteiger partial charge in [0.1, 0.15) is 19.3 Å². The van der Waals surface area contributed by atoms with Gasteiger partial charge in [-0.2, -0.15) is 0 Å². The van der Waals surface area contributed by atoms with Gasteiger partial charge in [-0.1, -0.05) is 262 Å². The molecule has 3 N–H and O–H groups in total. The Balaban J connectivity index is 5.49. The van der Waals surface area contributed by atoms with Crippen molar-refractivity contribution >= 4 is 39.5 Å². The van der Waals surface area contributed by atoms with E-state index in [2.05, 4.69) is 174 Å². The largest absolute Gasteiger partial charge is 0.472 e. The number of ether oxygens (including phenoxy) is 4. The fourth-order valence-corrected chi connectivity index (χ4v) is 11.0. The SMILES string of the molecule is CC/C=C\C/C=C\C/C=C\C/C=C\C/C=C\CC(=O)OCC(COP(=O)(O)OCC(O)COP(=O)(O)OCC(COC(=O)CCCCCC/C=C\C/C=C\C/C=C\C/C=C\CC)OC(=O)CCCCCCC/C=C\C/C=C\CCCCC)OC(=O)CCCCCCC/C=C\C/C=C\C/C=C\CC. The zero-order valence-corrected chi connectivity index (χ0v) is 64.8. The summed E-state index contributed by atoms with van der Waals surface area (Å²) in [5, 5.41) is 10.6. The van der Waals surface area contributed by atoms with Crippen molar-refractivity contribution in [3.63, 3.8) is 0 Å². The van der Waals surface area contributed by atoms with Crippen LogP contribution in [-0.2, 0) is 65.4 Å². The molecule has 5 atom stereocenters. The van der Waals surface area contributed by atoms with Gasteiger partial charge in [0.25, 0.3) is 0 Å². The summed E-state index contributed by atoms with van der Waals surface area (Å²) >= 11 is 0. The molecule has 102 heavy (non-hydrogen) atoms. The van der Waals surface area contributed by atoms with E-state index >= 15 is 0 Å². The van der Waals surface area contributed by atoms with Crippen LogP contribution < -0.4 is 0 Å². The maximum Gasteiger partial charge on any atom is 0.472 e. The summed E-state index contributed by atoms with van der Waals surface area (Å²) in [6, 6.07) is 0. The highest BCUT2D eigenvalue weighted by molar-refractivity contribution is 7.47. The normalized spacial score (nSPS) is 14.9. The van der Waals surface area contributed by atoms with Crippen molar-refractivity contribution in [2.45, 2.75) is 290 Å². The molecule has 17 nitrogen and oxygen atoms in total. The van der Waals surface area contributed by atoms with Crippen LogP contribution in [0.15, 0.2) is 170 Å². The topological polar surface area (TPSA) is 237 Å². The van der Waals surface area contributed by atoms with E-state index in [0.717, 1.165) is 173 Å². The number of phosphoric acid groups is 2. The van der Waals surface area contributed by atoms with Crippen LogP contribution in [-0.4, -0.2) is 96.7 Å². The van der Waals surface area contributed by atoms with Crippen LogP contribution in [0.5, 0.6) is 0 Å². The van der Waals surface area contributed by atoms with Crippen LogP contribution in [0.2, 0.25) is 0 Å². The first-order valence-electron chi connectivity index (χ1n) is 38.4. The molecule has 0 aromatic rings. The lowest BCUT2D eigenvalue weighted by Gasteiger charge is -2.21. The summed E-state index contributed by atoms with van der Waals surface area (Å²) in [6.45, 7) is 4.30. The molecule has 0 aromatic heterocycles. The average molecular weight is 1470 g/mol. The number of rotatable bonds is 70. The summed E-state index contributed by atoms with van der Waals surface area (Å²) < 4.78 is 68.3. The molecule has 0 amide bonds. The molecule has 0 bridgehead atoms. The standard InChI is InChI=1S/C83H134O17P2/c1-5-9-13-17-21-25-29-33-37-38-42-44-48-52-56-60-64-68-81(86)94-74-79(100-83(88)70-66-62-58-54-50-46-41-36-32-28-24-20-16-12-8-4)76-98-102(91,92)96-72-77(84)71-95-101(89,90)97-75-78(99-82(87)69-65-61-57-53-49-45-40-35-31-27-23-19-15-11-7-3)73-93-80(85)67-63-59-55-51-47-43-39-34-30-26-22-18-14-10-6-2/h9-11,13-15,21-28,33-37,39-42,44,47,51,59,63,77-79,84H,5-8,12,16-20,29-32,38,43,45-46,48-50,52-58,60-62,64-76H2,1-4H3,(H,89,90)(H,91,92)/b13-9-,14-10-,15-11-,25-21-,26-22-,27-23-,28-24-,37-33-,39-34-,40-35-,41-36-,44-42-,51-47-,63-59-. The molecule has 0 fully saturated rings. The zero-order valence-electron chi connectivity index (χ0n) is 63.0. The summed E-state index contributed by atoms with van der Waals surface area (Å²) in [7, 11) is -10.0. The van der Waals surface area contributed by atoms with E-state index < -0.39 is 97.5 Å². The second-order valence-electron chi connectivity index (χ2n) is 24.8. The maximum atomic E-state index is 13.1. The average Bonchev–Trinajstić information content (AvgIpc) is 0.926. The van der Waals surface area contributed by atoms with Gasteiger partial charge in [0.05, 0.1) is 32.8 Å². The lowest BCUT2D eigenvalue weighted by molar-refractivity contribution is -0.161. The monoisotopic (exact) mass is 1460 g/mol. The van der Waals surface area contributed by atoms with Gasteiger partial charge < -0.3 is 33.8 Å². The molecule has 0 aliphatic rings. The molecule has 0 saturated carbocycles. The number of aliphatic hydroxyl groups is 1. The Morgan fingerprint density at radius 3 is 0.873 bits per heavy atom. The molecule has 0 aliphatic carbocycles. The van der Waals surface area contributed by atoms with E-state index in [1.165, 1.54) is 19.3 Å². The quantitative estimate of drug-likeness (QED) is 0.0169. The first-order valence-corrected chi connectivity index (χ1v) is 41.4. The third kappa shape index (κ3) is 72.8. The van der Waals surface area contributed by atoms with E-state index in [0.29, 0.717) is 25.7 Å². The first kappa shape index (κ1) is 96.4. The fourth-order valence-electron chi connectivity index (χ4n) is 9.44. The van der Waals surface area contributed by atoms with Crippen molar-refractivity contribution in [2.24, 2.45) is 0 Å². The number of carbonyl (C=O) groups excluding carboxylic acids is 4. The van der Waals surface area contributed by atoms with Gasteiger partial charge >= 0.3 is 39.5 Å². The fraction of sp³-hybridized carbons (Fsp3) is 0.614. The summed E-state index contributed by atoms with van der Waals surface area (Å²) in [5.74, 6) is -2.40. The Morgan fingerprint density at radius 1 is 0.294 bits per heavy atom. The maximum absolute atomic E-state index is 13.1. The minimum Gasteiger partial charge on any atom is -0.462 e. The molecular weight excluding hydrogens is 1330 g/mol. The third-order valence-corrected chi connectivity index (χ3v) is 17.1.